The van der Waals surface area contributed by atoms with Gasteiger partial charge in [-0.15, -0.1) is 0 Å². The van der Waals surface area contributed by atoms with Gasteiger partial charge in [-0.3, -0.25) is 4.90 Å². The maximum atomic E-state index is 15.2. The number of alkyl halides is 1. The number of nitrogens with zero attached hydrogens (tertiary/aromatic N) is 5. The second-order valence-corrected chi connectivity index (χ2v) is 10.6. The number of ether oxygens (including phenoxy) is 2. The highest BCUT2D eigenvalue weighted by Crippen LogP contribution is 2.40. The number of methoxy groups -OCH3 is 1. The Hall–Kier alpha value is -3.24. The molecule has 3 aromatic rings. The van der Waals surface area contributed by atoms with Crippen molar-refractivity contribution in [1.29, 1.82) is 0 Å². The molecule has 208 valence electrons. The van der Waals surface area contributed by atoms with Crippen molar-refractivity contribution in [3.63, 3.8) is 0 Å². The smallest absolute Gasteiger partial charge is 0.320 e. The van der Waals surface area contributed by atoms with Gasteiger partial charge in [-0.25, -0.2) is 9.37 Å². The molecule has 0 amide bonds. The minimum atomic E-state index is -0.874. The van der Waals surface area contributed by atoms with Gasteiger partial charge in [-0.05, 0) is 50.1 Å². The predicted octanol–water partition coefficient (Wildman–Crippen LogP) is 5.44. The molecule has 2 aromatic heterocycles. The topological polar surface area (TPSA) is 75.6 Å². The van der Waals surface area contributed by atoms with Crippen LogP contribution >= 0.6 is 11.6 Å². The van der Waals surface area contributed by atoms with E-state index in [9.17, 15) is 4.39 Å². The van der Waals surface area contributed by atoms with Crippen molar-refractivity contribution in [2.75, 3.05) is 44.1 Å². The highest BCUT2D eigenvalue weighted by atomic mass is 35.5. The molecule has 0 saturated carbocycles. The number of rotatable bonds is 10. The fourth-order valence-electron chi connectivity index (χ4n) is 5.56. The Morgan fingerprint density at radius 1 is 1.26 bits per heavy atom. The lowest BCUT2D eigenvalue weighted by Gasteiger charge is -2.31. The molecule has 39 heavy (non-hydrogen) atoms. The van der Waals surface area contributed by atoms with Gasteiger partial charge in [0.25, 0.3) is 0 Å². The first kappa shape index (κ1) is 27.3. The summed E-state index contributed by atoms with van der Waals surface area (Å²) in [6.45, 7) is 3.98. The van der Waals surface area contributed by atoms with E-state index in [1.54, 1.807) is 25.3 Å². The summed E-state index contributed by atoms with van der Waals surface area (Å²) >= 11 is 6.18. The zero-order valence-corrected chi connectivity index (χ0v) is 23.1. The number of benzene rings is 1. The van der Waals surface area contributed by atoms with E-state index in [-0.39, 0.29) is 35.2 Å². The second kappa shape index (κ2) is 11.5. The molecule has 0 spiro atoms. The molecule has 2 aliphatic rings. The van der Waals surface area contributed by atoms with Crippen molar-refractivity contribution in [1.82, 2.24) is 19.9 Å². The van der Waals surface area contributed by atoms with E-state index in [0.29, 0.717) is 25.3 Å². The normalized spacial score (nSPS) is 21.4. The van der Waals surface area contributed by atoms with Gasteiger partial charge in [-0.2, -0.15) is 14.4 Å². The third kappa shape index (κ3) is 5.72. The molecule has 5 rings (SSSR count). The Kier molecular flexibility index (Phi) is 8.04. The first-order valence-corrected chi connectivity index (χ1v) is 13.5. The molecule has 4 heterocycles. The molecule has 3 atom stereocenters. The van der Waals surface area contributed by atoms with Gasteiger partial charge in [0.2, 0.25) is 5.82 Å². The number of pyridine rings is 1. The standard InChI is InChI=1S/C28H33ClF2N6O2/c1-18(22-6-4-12-32-25(22)33-15-19-7-9-21(38-3)10-8-19)36(2)26-23(31)24(29)34-27(35-26)39-17-28-11-5-13-37(28)16-20(30)14-28/h4,6-10,12,18,20H,5,11,13-17H2,1-3H3,(H,32,33)/t18?,20-,28+/m1/s1. The zero-order chi connectivity index (χ0) is 27.6. The summed E-state index contributed by atoms with van der Waals surface area (Å²) in [7, 11) is 3.37. The van der Waals surface area contributed by atoms with Crippen LogP contribution in [0.25, 0.3) is 0 Å². The van der Waals surface area contributed by atoms with Crippen LogP contribution in [0.5, 0.6) is 11.8 Å². The summed E-state index contributed by atoms with van der Waals surface area (Å²) in [5.41, 5.74) is 1.54. The molecule has 0 bridgehead atoms. The van der Waals surface area contributed by atoms with E-state index >= 15 is 4.39 Å². The quantitative estimate of drug-likeness (QED) is 0.330. The van der Waals surface area contributed by atoms with Crippen molar-refractivity contribution < 1.29 is 18.3 Å². The largest absolute Gasteiger partial charge is 0.497 e. The summed E-state index contributed by atoms with van der Waals surface area (Å²) in [5.74, 6) is 0.738. The molecule has 2 aliphatic heterocycles. The fraction of sp³-hybridized carbons (Fsp3) is 0.464. The van der Waals surface area contributed by atoms with Gasteiger partial charge in [0.1, 0.15) is 24.3 Å². The summed E-state index contributed by atoms with van der Waals surface area (Å²) in [4.78, 5) is 16.7. The van der Waals surface area contributed by atoms with Gasteiger partial charge < -0.3 is 19.7 Å². The van der Waals surface area contributed by atoms with Crippen molar-refractivity contribution in [2.45, 2.75) is 50.5 Å². The number of nitrogens with one attached hydrogen (secondary N) is 1. The SMILES string of the molecule is COc1ccc(CNc2ncccc2C(C)N(C)c2nc(OC[C@@]34CCCN3C[C@H](F)C4)nc(Cl)c2F)cc1. The third-order valence-electron chi connectivity index (χ3n) is 7.83. The first-order valence-electron chi connectivity index (χ1n) is 13.1. The average molecular weight is 559 g/mol. The van der Waals surface area contributed by atoms with Crippen LogP contribution in [0.4, 0.5) is 20.4 Å². The molecule has 0 radical (unpaired) electrons. The van der Waals surface area contributed by atoms with E-state index in [4.69, 9.17) is 21.1 Å². The minimum Gasteiger partial charge on any atom is -0.497 e. The maximum absolute atomic E-state index is 15.2. The van der Waals surface area contributed by atoms with E-state index in [2.05, 4.69) is 25.2 Å². The van der Waals surface area contributed by atoms with E-state index in [0.717, 1.165) is 36.3 Å². The average Bonchev–Trinajstić information content (AvgIpc) is 3.47. The van der Waals surface area contributed by atoms with Crippen LogP contribution in [-0.2, 0) is 6.54 Å². The van der Waals surface area contributed by atoms with E-state index < -0.39 is 12.0 Å². The van der Waals surface area contributed by atoms with Crippen LogP contribution in [0.15, 0.2) is 42.6 Å². The second-order valence-electron chi connectivity index (χ2n) is 10.2. The molecule has 8 nitrogen and oxygen atoms in total. The number of anilines is 2. The number of hydrogen-bond acceptors (Lipinski definition) is 8. The monoisotopic (exact) mass is 558 g/mol. The lowest BCUT2D eigenvalue weighted by Crippen LogP contribution is -2.43. The highest BCUT2D eigenvalue weighted by molar-refractivity contribution is 6.29. The van der Waals surface area contributed by atoms with Crippen LogP contribution in [0.1, 0.15) is 43.4 Å². The van der Waals surface area contributed by atoms with E-state index in [1.807, 2.05) is 43.3 Å². The molecule has 2 fully saturated rings. The van der Waals surface area contributed by atoms with Crippen LogP contribution in [0.2, 0.25) is 5.15 Å². The summed E-state index contributed by atoms with van der Waals surface area (Å²) in [6.07, 6.45) is 3.09. The lowest BCUT2D eigenvalue weighted by atomic mass is 9.95. The Balaban J connectivity index is 1.32. The molecular formula is C28H33ClF2N6O2. The molecule has 11 heteroatoms. The summed E-state index contributed by atoms with van der Waals surface area (Å²) < 4.78 is 40.5. The molecule has 1 aromatic carbocycles. The van der Waals surface area contributed by atoms with Crippen molar-refractivity contribution in [3.8, 4) is 11.8 Å². The lowest BCUT2D eigenvalue weighted by molar-refractivity contribution is 0.107. The van der Waals surface area contributed by atoms with Gasteiger partial charge in [0.05, 0.1) is 18.7 Å². The van der Waals surface area contributed by atoms with Gasteiger partial charge in [-0.1, -0.05) is 29.8 Å². The first-order chi connectivity index (χ1) is 18.8. The van der Waals surface area contributed by atoms with E-state index in [1.165, 1.54) is 0 Å². The molecule has 2 saturated heterocycles. The summed E-state index contributed by atoms with van der Waals surface area (Å²) in [5, 5.41) is 3.05. The van der Waals surface area contributed by atoms with Gasteiger partial charge in [0.15, 0.2) is 11.0 Å². The van der Waals surface area contributed by atoms with Gasteiger partial charge >= 0.3 is 6.01 Å². The minimum absolute atomic E-state index is 0.0121. The molecule has 1 N–H and O–H groups in total. The third-order valence-corrected chi connectivity index (χ3v) is 8.08. The Labute approximate surface area is 232 Å². The number of fused-ring (bicyclic) bond motifs is 1. The number of halogens is 3. The van der Waals surface area contributed by atoms with Crippen LogP contribution < -0.4 is 19.7 Å². The van der Waals surface area contributed by atoms with Crippen molar-refractivity contribution in [2.24, 2.45) is 0 Å². The van der Waals surface area contributed by atoms with Crippen LogP contribution in [0.3, 0.4) is 0 Å². The molecular weight excluding hydrogens is 526 g/mol. The van der Waals surface area contributed by atoms with Crippen molar-refractivity contribution in [3.05, 3.63) is 64.7 Å². The number of aromatic nitrogens is 3. The van der Waals surface area contributed by atoms with Crippen molar-refractivity contribution >= 4 is 23.2 Å². The Morgan fingerprint density at radius 2 is 2.05 bits per heavy atom. The molecule has 0 aliphatic carbocycles. The zero-order valence-electron chi connectivity index (χ0n) is 22.3. The van der Waals surface area contributed by atoms with Crippen LogP contribution in [0, 0.1) is 5.82 Å². The summed E-state index contributed by atoms with van der Waals surface area (Å²) in [6, 6.07) is 11.2. The fourth-order valence-corrected chi connectivity index (χ4v) is 5.72. The molecule has 1 unspecified atom stereocenters. The van der Waals surface area contributed by atoms with Crippen LogP contribution in [-0.4, -0.2) is 65.4 Å². The van der Waals surface area contributed by atoms with Gasteiger partial charge in [0, 0.05) is 38.3 Å². The Bertz CT molecular complexity index is 1300. The number of hydrogen-bond donors (Lipinski definition) is 1. The Morgan fingerprint density at radius 3 is 2.82 bits per heavy atom. The maximum Gasteiger partial charge on any atom is 0.320 e. The predicted molar refractivity (Wildman–Crippen MR) is 147 cm³/mol. The highest BCUT2D eigenvalue weighted by Gasteiger charge is 2.49.